The van der Waals surface area contributed by atoms with Gasteiger partial charge in [-0.25, -0.2) is 0 Å². The number of nitro groups is 1. The molecule has 0 spiro atoms. The molecule has 10 nitrogen and oxygen atoms in total. The molecular weight excluding hydrogens is 488 g/mol. The third kappa shape index (κ3) is 5.89. The van der Waals surface area contributed by atoms with Crippen molar-refractivity contribution < 1.29 is 14.5 Å². The number of hydrogen-bond donors (Lipinski definition) is 2. The number of carbonyl (C=O) groups excluding carboxylic acids is 2. The minimum absolute atomic E-state index is 0.0503. The molecule has 2 N–H and O–H groups in total. The van der Waals surface area contributed by atoms with Gasteiger partial charge in [-0.3, -0.25) is 19.7 Å². The third-order valence-electron chi connectivity index (χ3n) is 4.14. The minimum atomic E-state index is -0.506. The van der Waals surface area contributed by atoms with Crippen molar-refractivity contribution >= 4 is 50.9 Å². The summed E-state index contributed by atoms with van der Waals surface area (Å²) in [6.07, 6.45) is 0. The lowest BCUT2D eigenvalue weighted by Gasteiger charge is -2.07. The van der Waals surface area contributed by atoms with Crippen molar-refractivity contribution in [2.24, 2.45) is 7.05 Å². The smallest absolute Gasteiger partial charge is 0.269 e. The third-order valence-corrected chi connectivity index (χ3v) is 5.86. The largest absolute Gasteiger partial charge is 0.345 e. The summed E-state index contributed by atoms with van der Waals surface area (Å²) in [5, 5.41) is 24.8. The molecule has 0 saturated carbocycles. The zero-order valence-corrected chi connectivity index (χ0v) is 18.6. The van der Waals surface area contributed by atoms with Crippen molar-refractivity contribution in [1.82, 2.24) is 20.1 Å². The van der Waals surface area contributed by atoms with Crippen molar-refractivity contribution in [1.29, 1.82) is 0 Å². The first-order valence-corrected chi connectivity index (χ1v) is 10.7. The van der Waals surface area contributed by atoms with Crippen LogP contribution < -0.4 is 10.6 Å². The number of rotatable bonds is 8. The van der Waals surface area contributed by atoms with Gasteiger partial charge in [-0.1, -0.05) is 23.9 Å². The van der Waals surface area contributed by atoms with Crippen molar-refractivity contribution in [2.45, 2.75) is 11.7 Å². The minimum Gasteiger partial charge on any atom is -0.345 e. The Labute approximate surface area is 189 Å². The highest BCUT2D eigenvalue weighted by Gasteiger charge is 2.14. The molecule has 0 aliphatic heterocycles. The SMILES string of the molecule is Cn1c(CNC(=O)c2ccccc2Br)nnc1SCC(=O)Nc1ccc([N+](=O)[O-])cc1. The molecule has 1 heterocycles. The topological polar surface area (TPSA) is 132 Å². The number of nitro benzene ring substituents is 1. The van der Waals surface area contributed by atoms with Crippen molar-refractivity contribution in [3.63, 3.8) is 0 Å². The van der Waals surface area contributed by atoms with E-state index < -0.39 is 4.92 Å². The van der Waals surface area contributed by atoms with Crippen LogP contribution in [0.4, 0.5) is 11.4 Å². The number of nitrogens with one attached hydrogen (secondary N) is 2. The summed E-state index contributed by atoms with van der Waals surface area (Å²) in [6.45, 7) is 0.180. The van der Waals surface area contributed by atoms with Crippen molar-refractivity contribution in [3.05, 3.63) is 74.5 Å². The predicted molar refractivity (Wildman–Crippen MR) is 119 cm³/mol. The summed E-state index contributed by atoms with van der Waals surface area (Å²) in [5.74, 6) is 0.0863. The number of halogens is 1. The van der Waals surface area contributed by atoms with Crippen molar-refractivity contribution in [2.75, 3.05) is 11.1 Å². The van der Waals surface area contributed by atoms with Crippen LogP contribution in [0.2, 0.25) is 0 Å². The van der Waals surface area contributed by atoms with Gasteiger partial charge >= 0.3 is 0 Å². The molecule has 0 bridgehead atoms. The monoisotopic (exact) mass is 504 g/mol. The standard InChI is InChI=1S/C19H17BrN6O4S/c1-25-16(10-21-18(28)14-4-2-3-5-15(14)20)23-24-19(25)31-11-17(27)22-12-6-8-13(9-7-12)26(29)30/h2-9H,10-11H2,1H3,(H,21,28)(H,22,27). The second-order valence-corrected chi connectivity index (χ2v) is 8.06. The zero-order chi connectivity index (χ0) is 22.4. The Hall–Kier alpha value is -3.25. The van der Waals surface area contributed by atoms with Gasteiger partial charge in [0.15, 0.2) is 11.0 Å². The van der Waals surface area contributed by atoms with E-state index in [1.165, 1.54) is 36.0 Å². The lowest BCUT2D eigenvalue weighted by molar-refractivity contribution is -0.384. The van der Waals surface area contributed by atoms with Gasteiger partial charge in [0.2, 0.25) is 5.91 Å². The van der Waals surface area contributed by atoms with E-state index in [-0.39, 0.29) is 29.8 Å². The fourth-order valence-corrected chi connectivity index (χ4v) is 3.71. The lowest BCUT2D eigenvalue weighted by atomic mass is 10.2. The number of anilines is 1. The molecule has 3 aromatic rings. The number of hydrogen-bond acceptors (Lipinski definition) is 7. The second-order valence-electron chi connectivity index (χ2n) is 6.26. The van der Waals surface area contributed by atoms with E-state index in [0.29, 0.717) is 26.7 Å². The van der Waals surface area contributed by atoms with Gasteiger partial charge < -0.3 is 15.2 Å². The fraction of sp³-hybridized carbons (Fsp3) is 0.158. The van der Waals surface area contributed by atoms with Gasteiger partial charge in [0.1, 0.15) is 0 Å². The van der Waals surface area contributed by atoms with Crippen LogP contribution in [0.1, 0.15) is 16.2 Å². The molecule has 0 unspecified atom stereocenters. The fourth-order valence-electron chi connectivity index (χ4n) is 2.52. The highest BCUT2D eigenvalue weighted by Crippen LogP contribution is 2.19. The van der Waals surface area contributed by atoms with Gasteiger partial charge in [0.25, 0.3) is 11.6 Å². The van der Waals surface area contributed by atoms with E-state index in [1.807, 2.05) is 6.07 Å². The van der Waals surface area contributed by atoms with E-state index in [9.17, 15) is 19.7 Å². The summed E-state index contributed by atoms with van der Waals surface area (Å²) in [7, 11) is 1.75. The maximum Gasteiger partial charge on any atom is 0.269 e. The highest BCUT2D eigenvalue weighted by atomic mass is 79.9. The molecule has 0 radical (unpaired) electrons. The van der Waals surface area contributed by atoms with E-state index in [1.54, 1.807) is 29.8 Å². The Morgan fingerprint density at radius 1 is 1.16 bits per heavy atom. The van der Waals surface area contributed by atoms with Crippen LogP contribution in [0.15, 0.2) is 58.2 Å². The number of amides is 2. The predicted octanol–water partition coefficient (Wildman–Crippen LogP) is 3.15. The van der Waals surface area contributed by atoms with Crippen LogP contribution in [0, 0.1) is 10.1 Å². The van der Waals surface area contributed by atoms with E-state index in [4.69, 9.17) is 0 Å². The Morgan fingerprint density at radius 2 is 1.87 bits per heavy atom. The first-order chi connectivity index (χ1) is 14.8. The zero-order valence-electron chi connectivity index (χ0n) is 16.2. The number of thioether (sulfide) groups is 1. The van der Waals surface area contributed by atoms with Gasteiger partial charge in [-0.2, -0.15) is 0 Å². The van der Waals surface area contributed by atoms with Crippen LogP contribution in [-0.4, -0.2) is 37.3 Å². The average Bonchev–Trinajstić information content (AvgIpc) is 3.10. The lowest BCUT2D eigenvalue weighted by Crippen LogP contribution is -2.24. The normalized spacial score (nSPS) is 10.5. The Balaban J connectivity index is 1.51. The molecule has 0 aliphatic carbocycles. The maximum absolute atomic E-state index is 12.3. The van der Waals surface area contributed by atoms with Crippen LogP contribution >= 0.6 is 27.7 Å². The molecule has 12 heteroatoms. The highest BCUT2D eigenvalue weighted by molar-refractivity contribution is 9.10. The summed E-state index contributed by atoms with van der Waals surface area (Å²) >= 11 is 4.53. The van der Waals surface area contributed by atoms with E-state index in [2.05, 4.69) is 36.8 Å². The maximum atomic E-state index is 12.3. The molecule has 0 saturated heterocycles. The first-order valence-electron chi connectivity index (χ1n) is 8.93. The number of non-ortho nitro benzene ring substituents is 1. The van der Waals surface area contributed by atoms with Crippen molar-refractivity contribution in [3.8, 4) is 0 Å². The summed E-state index contributed by atoms with van der Waals surface area (Å²) in [6, 6.07) is 12.7. The number of carbonyl (C=O) groups is 2. The molecule has 0 atom stereocenters. The molecule has 160 valence electrons. The number of aromatic nitrogens is 3. The summed E-state index contributed by atoms with van der Waals surface area (Å²) in [5.41, 5.74) is 0.928. The molecule has 2 amide bonds. The van der Waals surface area contributed by atoms with Crippen LogP contribution in [0.3, 0.4) is 0 Å². The molecule has 2 aromatic carbocycles. The van der Waals surface area contributed by atoms with E-state index in [0.717, 1.165) is 0 Å². The van der Waals surface area contributed by atoms with Crippen LogP contribution in [0.25, 0.3) is 0 Å². The van der Waals surface area contributed by atoms with Gasteiger partial charge in [-0.15, -0.1) is 10.2 Å². The molecular formula is C19H17BrN6O4S. The summed E-state index contributed by atoms with van der Waals surface area (Å²) in [4.78, 5) is 34.6. The van der Waals surface area contributed by atoms with Gasteiger partial charge in [0.05, 0.1) is 22.8 Å². The Kier molecular flexibility index (Phi) is 7.36. The molecule has 1 aromatic heterocycles. The second kappa shape index (κ2) is 10.2. The molecule has 0 fully saturated rings. The number of nitrogens with zero attached hydrogens (tertiary/aromatic N) is 4. The van der Waals surface area contributed by atoms with Gasteiger partial charge in [0, 0.05) is 29.3 Å². The molecule has 3 rings (SSSR count). The molecule has 0 aliphatic rings. The van der Waals surface area contributed by atoms with E-state index >= 15 is 0 Å². The molecule has 31 heavy (non-hydrogen) atoms. The quantitative estimate of drug-likeness (QED) is 0.273. The van der Waals surface area contributed by atoms with Gasteiger partial charge in [-0.05, 0) is 40.2 Å². The first kappa shape index (κ1) is 22.4. The Bertz CT molecular complexity index is 1120. The Morgan fingerprint density at radius 3 is 2.55 bits per heavy atom. The summed E-state index contributed by atoms with van der Waals surface area (Å²) < 4.78 is 2.39. The number of benzene rings is 2. The van der Waals surface area contributed by atoms with Crippen LogP contribution in [0.5, 0.6) is 0 Å². The average molecular weight is 505 g/mol. The van der Waals surface area contributed by atoms with Crippen LogP contribution in [-0.2, 0) is 18.4 Å².